The van der Waals surface area contributed by atoms with E-state index in [0.717, 1.165) is 12.1 Å². The van der Waals surface area contributed by atoms with Crippen molar-refractivity contribution in [1.82, 2.24) is 0 Å². The number of nitro groups is 1. The molecule has 0 bridgehead atoms. The summed E-state index contributed by atoms with van der Waals surface area (Å²) in [6, 6.07) is 3.64. The summed E-state index contributed by atoms with van der Waals surface area (Å²) in [7, 11) is 0.856. The predicted octanol–water partition coefficient (Wildman–Crippen LogP) is 2.13. The number of rotatable bonds is 3. The van der Waals surface area contributed by atoms with Crippen molar-refractivity contribution in [1.29, 1.82) is 5.26 Å². The highest BCUT2D eigenvalue weighted by atomic mass is 35.7. The van der Waals surface area contributed by atoms with Gasteiger partial charge in [-0.1, -0.05) is 0 Å². The third-order valence-electron chi connectivity index (χ3n) is 1.92. The van der Waals surface area contributed by atoms with Gasteiger partial charge in [0.2, 0.25) is 0 Å². The van der Waals surface area contributed by atoms with Crippen molar-refractivity contribution >= 4 is 37.0 Å². The molecule has 0 radical (unpaired) electrons. The molecule has 0 saturated carbocycles. The summed E-state index contributed by atoms with van der Waals surface area (Å²) in [4.78, 5) is 9.34. The van der Waals surface area contributed by atoms with Crippen LogP contribution in [0.15, 0.2) is 17.0 Å². The van der Waals surface area contributed by atoms with Gasteiger partial charge in [0, 0.05) is 16.2 Å². The summed E-state index contributed by atoms with van der Waals surface area (Å²) in [5.41, 5.74) is -1.19. The van der Waals surface area contributed by atoms with Crippen LogP contribution in [0.1, 0.15) is 11.1 Å². The zero-order valence-electron chi connectivity index (χ0n) is 8.05. The van der Waals surface area contributed by atoms with Crippen molar-refractivity contribution in [3.05, 3.63) is 33.4 Å². The van der Waals surface area contributed by atoms with Gasteiger partial charge in [0.25, 0.3) is 14.7 Å². The average molecular weight is 295 g/mol. The molecule has 0 amide bonds. The fourth-order valence-electron chi connectivity index (χ4n) is 1.24. The summed E-state index contributed by atoms with van der Waals surface area (Å²) in [5, 5.41) is 19.6. The average Bonchev–Trinajstić information content (AvgIpc) is 2.25. The van der Waals surface area contributed by atoms with Crippen LogP contribution in [0.5, 0.6) is 0 Å². The largest absolute Gasteiger partial charge is 0.292 e. The fourth-order valence-corrected chi connectivity index (χ4v) is 2.46. The molecule has 0 unspecified atom stereocenters. The molecule has 1 aromatic carbocycles. The molecule has 0 saturated heterocycles. The van der Waals surface area contributed by atoms with Crippen LogP contribution in [0.3, 0.4) is 0 Å². The van der Waals surface area contributed by atoms with Crippen LogP contribution in [-0.4, -0.2) is 13.3 Å². The van der Waals surface area contributed by atoms with Gasteiger partial charge in [-0.05, 0) is 12.1 Å². The third kappa shape index (κ3) is 2.66. The van der Waals surface area contributed by atoms with Crippen molar-refractivity contribution in [3.63, 3.8) is 0 Å². The topological polar surface area (TPSA) is 101 Å². The van der Waals surface area contributed by atoms with Crippen LogP contribution in [0.25, 0.3) is 0 Å². The summed E-state index contributed by atoms with van der Waals surface area (Å²) in [6.45, 7) is 0. The fraction of sp³-hybridized carbons (Fsp3) is 0.125. The van der Waals surface area contributed by atoms with E-state index in [9.17, 15) is 18.5 Å². The molecule has 9 heteroatoms. The number of hydrogen-bond donors (Lipinski definition) is 0. The van der Waals surface area contributed by atoms with Crippen LogP contribution >= 0.6 is 22.3 Å². The Labute approximate surface area is 106 Å². The second kappa shape index (κ2) is 4.87. The van der Waals surface area contributed by atoms with Crippen LogP contribution in [0.2, 0.25) is 0 Å². The standard InChI is InChI=1S/C8H4Cl2N2O4S/c9-3-5-1-2-7(17(10,15)16)6(4-11)8(5)12(13)14/h1-2H,3H2. The maximum Gasteiger partial charge on any atom is 0.292 e. The summed E-state index contributed by atoms with van der Waals surface area (Å²) in [5.74, 6) is -0.215. The lowest BCUT2D eigenvalue weighted by Gasteiger charge is -2.04. The lowest BCUT2D eigenvalue weighted by Crippen LogP contribution is -2.03. The zero-order valence-corrected chi connectivity index (χ0v) is 10.4. The van der Waals surface area contributed by atoms with Gasteiger partial charge in [0.1, 0.15) is 16.5 Å². The highest BCUT2D eigenvalue weighted by Crippen LogP contribution is 2.31. The molecule has 0 aliphatic heterocycles. The third-order valence-corrected chi connectivity index (χ3v) is 3.58. The number of benzene rings is 1. The van der Waals surface area contributed by atoms with E-state index in [-0.39, 0.29) is 11.4 Å². The Morgan fingerprint density at radius 3 is 2.41 bits per heavy atom. The number of alkyl halides is 1. The molecule has 0 aliphatic carbocycles. The highest BCUT2D eigenvalue weighted by Gasteiger charge is 2.27. The number of hydrogen-bond acceptors (Lipinski definition) is 5. The van der Waals surface area contributed by atoms with E-state index < -0.39 is 30.1 Å². The Balaban J connectivity index is 3.79. The Bertz CT molecular complexity index is 621. The molecular weight excluding hydrogens is 291 g/mol. The molecule has 0 aromatic heterocycles. The normalized spacial score (nSPS) is 10.9. The van der Waals surface area contributed by atoms with E-state index in [2.05, 4.69) is 0 Å². The molecule has 0 heterocycles. The lowest BCUT2D eigenvalue weighted by molar-refractivity contribution is -0.385. The Kier molecular flexibility index (Phi) is 3.93. The van der Waals surface area contributed by atoms with Crippen molar-refractivity contribution in [2.75, 3.05) is 0 Å². The van der Waals surface area contributed by atoms with Gasteiger partial charge < -0.3 is 0 Å². The first-order chi connectivity index (χ1) is 7.82. The van der Waals surface area contributed by atoms with E-state index in [4.69, 9.17) is 27.5 Å². The van der Waals surface area contributed by atoms with Crippen molar-refractivity contribution < 1.29 is 13.3 Å². The summed E-state index contributed by atoms with van der Waals surface area (Å²) < 4.78 is 22.3. The minimum Gasteiger partial charge on any atom is -0.258 e. The zero-order chi connectivity index (χ0) is 13.2. The number of halogens is 2. The molecule has 1 aromatic rings. The Hall–Kier alpha value is -1.36. The van der Waals surface area contributed by atoms with Gasteiger partial charge in [-0.2, -0.15) is 5.26 Å². The van der Waals surface area contributed by atoms with Crippen LogP contribution in [0, 0.1) is 21.4 Å². The van der Waals surface area contributed by atoms with E-state index in [1.54, 1.807) is 0 Å². The first-order valence-corrected chi connectivity index (χ1v) is 6.88. The van der Waals surface area contributed by atoms with Crippen LogP contribution < -0.4 is 0 Å². The smallest absolute Gasteiger partial charge is 0.258 e. The molecule has 0 spiro atoms. The van der Waals surface area contributed by atoms with Crippen molar-refractivity contribution in [2.24, 2.45) is 0 Å². The molecular formula is C8H4Cl2N2O4S. The highest BCUT2D eigenvalue weighted by molar-refractivity contribution is 8.13. The van der Waals surface area contributed by atoms with E-state index in [0.29, 0.717) is 0 Å². The minimum atomic E-state index is -4.22. The van der Waals surface area contributed by atoms with Gasteiger partial charge in [-0.15, -0.1) is 11.6 Å². The van der Waals surface area contributed by atoms with Crippen molar-refractivity contribution in [3.8, 4) is 6.07 Å². The van der Waals surface area contributed by atoms with E-state index in [1.807, 2.05) is 0 Å². The second-order valence-corrected chi connectivity index (χ2v) is 5.69. The number of nitro benzene ring substituents is 1. The minimum absolute atomic E-state index is 0.0530. The summed E-state index contributed by atoms with van der Waals surface area (Å²) >= 11 is 5.48. The summed E-state index contributed by atoms with van der Waals surface area (Å²) in [6.07, 6.45) is 0. The lowest BCUT2D eigenvalue weighted by atomic mass is 10.1. The van der Waals surface area contributed by atoms with Gasteiger partial charge in [0.15, 0.2) is 0 Å². The Morgan fingerprint density at radius 2 is 2.06 bits per heavy atom. The van der Waals surface area contributed by atoms with Gasteiger partial charge in [-0.25, -0.2) is 8.42 Å². The molecule has 6 nitrogen and oxygen atoms in total. The number of nitrogens with zero attached hydrogens (tertiary/aromatic N) is 2. The molecule has 0 atom stereocenters. The predicted molar refractivity (Wildman–Crippen MR) is 60.4 cm³/mol. The molecule has 0 aliphatic rings. The van der Waals surface area contributed by atoms with E-state index >= 15 is 0 Å². The van der Waals surface area contributed by atoms with Crippen LogP contribution in [-0.2, 0) is 14.9 Å². The maximum absolute atomic E-state index is 11.1. The molecule has 90 valence electrons. The molecule has 1 rings (SSSR count). The van der Waals surface area contributed by atoms with Crippen molar-refractivity contribution in [2.45, 2.75) is 10.8 Å². The first-order valence-electron chi connectivity index (χ1n) is 4.04. The molecule has 0 N–H and O–H groups in total. The number of nitriles is 1. The van der Waals surface area contributed by atoms with Crippen LogP contribution in [0.4, 0.5) is 5.69 Å². The Morgan fingerprint density at radius 1 is 1.47 bits per heavy atom. The molecule has 0 fully saturated rings. The SMILES string of the molecule is N#Cc1c(S(=O)(=O)Cl)ccc(CCl)c1[N+](=O)[O-]. The molecule has 17 heavy (non-hydrogen) atoms. The maximum atomic E-state index is 11.1. The first kappa shape index (κ1) is 13.7. The van der Waals surface area contributed by atoms with Gasteiger partial charge in [-0.3, -0.25) is 10.1 Å². The van der Waals surface area contributed by atoms with Gasteiger partial charge >= 0.3 is 0 Å². The monoisotopic (exact) mass is 294 g/mol. The van der Waals surface area contributed by atoms with E-state index in [1.165, 1.54) is 6.07 Å². The second-order valence-electron chi connectivity index (χ2n) is 2.89. The van der Waals surface area contributed by atoms with Gasteiger partial charge in [0.05, 0.1) is 10.8 Å². The quantitative estimate of drug-likeness (QED) is 0.368.